The van der Waals surface area contributed by atoms with Crippen LogP contribution in [-0.2, 0) is 0 Å². The van der Waals surface area contributed by atoms with Gasteiger partial charge in [-0.3, -0.25) is 0 Å². The Morgan fingerprint density at radius 3 is 0.714 bits per heavy atom. The molecular weight excluding hydrogens is 348 g/mol. The summed E-state index contributed by atoms with van der Waals surface area (Å²) in [6, 6.07) is 0. The van der Waals surface area contributed by atoms with Gasteiger partial charge in [-0.15, -0.1) is 0 Å². The molecule has 0 aliphatic carbocycles. The van der Waals surface area contributed by atoms with Gasteiger partial charge < -0.3 is 19.5 Å². The van der Waals surface area contributed by atoms with Crippen molar-refractivity contribution in [3.8, 4) is 0 Å². The monoisotopic (exact) mass is 404 g/mol. The third-order valence-electron chi connectivity index (χ3n) is 6.63. The Hall–Kier alpha value is -0.160. The van der Waals surface area contributed by atoms with Crippen LogP contribution in [0.25, 0.3) is 0 Å². The normalized spacial score (nSPS) is 11.4. The van der Waals surface area contributed by atoms with Crippen molar-refractivity contribution >= 4 is 0 Å². The zero-order chi connectivity index (χ0) is 22.3. The van der Waals surface area contributed by atoms with Crippen LogP contribution in [0, 0.1) is 0 Å². The van der Waals surface area contributed by atoms with Crippen molar-refractivity contribution in [1.29, 1.82) is 0 Å². The Morgan fingerprint density at radius 1 is 0.393 bits per heavy atom. The van der Waals surface area contributed by atoms with E-state index in [1.807, 2.05) is 0 Å². The predicted molar refractivity (Wildman–Crippen MR) is 122 cm³/mol. The number of nitrogens with zero attached hydrogens (tertiary/aromatic N) is 2. The Kier molecular flexibility index (Phi) is 26.8. The smallest absolute Gasteiger partial charge is 0.0786 e. The molecule has 0 bridgehead atoms. The van der Waals surface area contributed by atoms with E-state index in [2.05, 4.69) is 55.4 Å². The molecule has 0 N–H and O–H groups in total. The molecule has 0 rings (SSSR count). The zero-order valence-corrected chi connectivity index (χ0v) is 21.0. The van der Waals surface area contributed by atoms with E-state index in [0.29, 0.717) is 0 Å². The molecule has 0 aliphatic rings. The number of unbranched alkanes of at least 4 members (excludes halogenated alkanes) is 4. The van der Waals surface area contributed by atoms with Crippen LogP contribution in [0.3, 0.4) is 0 Å². The van der Waals surface area contributed by atoms with Crippen LogP contribution in [-0.4, -0.2) is 61.3 Å². The standard InChI is InChI=1S/C16H36N.C8H20N.O2/c1-5-9-13-17(14-10-6-2,15-11-7-3)16-12-8-4;1-5-9(6-2,7-3)8-4;1-2/h5-16H2,1-4H3;5-8H2,1-4H3;/q2*+1;-2. The van der Waals surface area contributed by atoms with Crippen molar-refractivity contribution in [3.05, 3.63) is 0 Å². The lowest BCUT2D eigenvalue weighted by Crippen LogP contribution is -2.50. The predicted octanol–water partition coefficient (Wildman–Crippen LogP) is 4.51. The summed E-state index contributed by atoms with van der Waals surface area (Å²) in [5.74, 6) is 0. The molecule has 28 heavy (non-hydrogen) atoms. The van der Waals surface area contributed by atoms with Gasteiger partial charge in [-0.25, -0.2) is 0 Å². The Balaban J connectivity index is -0.000000479. The second kappa shape index (κ2) is 23.1. The molecule has 0 saturated carbocycles. The number of hydrogen-bond donors (Lipinski definition) is 0. The molecule has 0 unspecified atom stereocenters. The summed E-state index contributed by atoms with van der Waals surface area (Å²) in [5.41, 5.74) is 0. The fraction of sp³-hybridized carbons (Fsp3) is 1.00. The third-order valence-corrected chi connectivity index (χ3v) is 6.63. The molecule has 174 valence electrons. The minimum absolute atomic E-state index is 1.28. The number of rotatable bonds is 16. The fourth-order valence-electron chi connectivity index (χ4n) is 3.99. The van der Waals surface area contributed by atoms with Crippen LogP contribution in [0.5, 0.6) is 0 Å². The summed E-state index contributed by atoms with van der Waals surface area (Å²) >= 11 is 0. The van der Waals surface area contributed by atoms with Crippen LogP contribution in [0.15, 0.2) is 0 Å². The molecule has 0 fully saturated rings. The largest absolute Gasteiger partial charge is 1.00 e. The second-order valence-corrected chi connectivity index (χ2v) is 8.26. The van der Waals surface area contributed by atoms with Crippen LogP contribution in [0.1, 0.15) is 107 Å². The Morgan fingerprint density at radius 2 is 0.607 bits per heavy atom. The summed E-state index contributed by atoms with van der Waals surface area (Å²) in [5, 5.41) is 14.0. The fourth-order valence-corrected chi connectivity index (χ4v) is 3.99. The first-order valence-electron chi connectivity index (χ1n) is 12.4. The molecule has 0 spiro atoms. The molecule has 0 amide bonds. The van der Waals surface area contributed by atoms with Crippen LogP contribution in [0.4, 0.5) is 0 Å². The highest BCUT2D eigenvalue weighted by Gasteiger charge is 2.24. The molecule has 0 aromatic rings. The van der Waals surface area contributed by atoms with Crippen LogP contribution >= 0.6 is 0 Å². The van der Waals surface area contributed by atoms with E-state index in [-0.39, 0.29) is 0 Å². The van der Waals surface area contributed by atoms with E-state index in [0.717, 1.165) is 0 Å². The highest BCUT2D eigenvalue weighted by atomic mass is 17.0. The van der Waals surface area contributed by atoms with Crippen molar-refractivity contribution in [2.75, 3.05) is 52.4 Å². The van der Waals surface area contributed by atoms with E-state index >= 15 is 0 Å². The van der Waals surface area contributed by atoms with Crippen LogP contribution < -0.4 is 10.5 Å². The van der Waals surface area contributed by atoms with E-state index in [9.17, 15) is 0 Å². The molecule has 0 aromatic carbocycles. The lowest BCUT2D eigenvalue weighted by atomic mass is 10.1. The maximum Gasteiger partial charge on any atom is 0.0786 e. The summed E-state index contributed by atoms with van der Waals surface area (Å²) < 4.78 is 2.70. The van der Waals surface area contributed by atoms with Gasteiger partial charge in [0.05, 0.1) is 52.4 Å². The van der Waals surface area contributed by atoms with Gasteiger partial charge in [-0.05, 0) is 53.4 Å². The van der Waals surface area contributed by atoms with Gasteiger partial charge in [-0.2, -0.15) is 0 Å². The van der Waals surface area contributed by atoms with E-state index < -0.39 is 0 Å². The van der Waals surface area contributed by atoms with Crippen molar-refractivity contribution in [2.24, 2.45) is 0 Å². The van der Waals surface area contributed by atoms with Crippen molar-refractivity contribution in [1.82, 2.24) is 0 Å². The average Bonchev–Trinajstić information content (AvgIpc) is 2.76. The van der Waals surface area contributed by atoms with Gasteiger partial charge in [-0.1, -0.05) is 53.4 Å². The van der Waals surface area contributed by atoms with E-state index in [1.54, 1.807) is 0 Å². The first kappa shape index (κ1) is 32.5. The highest BCUT2D eigenvalue weighted by molar-refractivity contribution is 4.49. The van der Waals surface area contributed by atoms with E-state index in [1.165, 1.54) is 113 Å². The summed E-state index contributed by atoms with van der Waals surface area (Å²) in [6.07, 6.45) is 11.1. The first-order chi connectivity index (χ1) is 13.5. The summed E-state index contributed by atoms with van der Waals surface area (Å²) in [4.78, 5) is 0. The van der Waals surface area contributed by atoms with Crippen molar-refractivity contribution in [2.45, 2.75) is 107 Å². The maximum absolute atomic E-state index is 7.00. The third kappa shape index (κ3) is 15.7. The zero-order valence-electron chi connectivity index (χ0n) is 21.0. The van der Waals surface area contributed by atoms with Gasteiger partial charge in [0.1, 0.15) is 0 Å². The van der Waals surface area contributed by atoms with Gasteiger partial charge in [0, 0.05) is 0 Å². The minimum atomic E-state index is 1.28. The molecule has 4 heteroatoms. The van der Waals surface area contributed by atoms with Crippen molar-refractivity contribution < 1.29 is 19.5 Å². The van der Waals surface area contributed by atoms with Crippen molar-refractivity contribution in [3.63, 3.8) is 0 Å². The molecule has 0 heterocycles. The van der Waals surface area contributed by atoms with Crippen LogP contribution in [0.2, 0.25) is 0 Å². The molecule has 0 atom stereocenters. The minimum Gasteiger partial charge on any atom is -1.00 e. The average molecular weight is 405 g/mol. The first-order valence-corrected chi connectivity index (χ1v) is 12.4. The number of hydrogen-bond acceptors (Lipinski definition) is 2. The lowest BCUT2D eigenvalue weighted by Gasteiger charge is -2.39. The Labute approximate surface area is 179 Å². The molecule has 4 nitrogen and oxygen atoms in total. The molecule has 0 aliphatic heterocycles. The van der Waals surface area contributed by atoms with Gasteiger partial charge in [0.25, 0.3) is 0 Å². The van der Waals surface area contributed by atoms with E-state index in [4.69, 9.17) is 10.5 Å². The molecular formula is C24H56N2O2. The Bertz CT molecular complexity index is 227. The van der Waals surface area contributed by atoms with Gasteiger partial charge in [0.15, 0.2) is 0 Å². The summed E-state index contributed by atoms with van der Waals surface area (Å²) in [7, 11) is 0. The number of quaternary nitrogens is 2. The second-order valence-electron chi connectivity index (χ2n) is 8.26. The maximum atomic E-state index is 7.00. The SMILES string of the molecule is CCCC[N+](CCCC)(CCCC)CCCC.CC[N+](CC)(CC)CC.[O-][O-]. The molecule has 0 radical (unpaired) electrons. The molecule has 0 saturated heterocycles. The highest BCUT2D eigenvalue weighted by Crippen LogP contribution is 2.16. The molecule has 0 aromatic heterocycles. The van der Waals surface area contributed by atoms with Gasteiger partial charge >= 0.3 is 0 Å². The topological polar surface area (TPSA) is 46.1 Å². The lowest BCUT2D eigenvalue weighted by molar-refractivity contribution is -1.00. The van der Waals surface area contributed by atoms with Gasteiger partial charge in [0.2, 0.25) is 0 Å². The summed E-state index contributed by atoms with van der Waals surface area (Å²) in [6.45, 7) is 29.2. The quantitative estimate of drug-likeness (QED) is 0.216.